The van der Waals surface area contributed by atoms with E-state index < -0.39 is 0 Å². The van der Waals surface area contributed by atoms with Gasteiger partial charge in [0.1, 0.15) is 0 Å². The average Bonchev–Trinajstić information content (AvgIpc) is 2.71. The summed E-state index contributed by atoms with van der Waals surface area (Å²) in [6.45, 7) is 6.51. The summed E-state index contributed by atoms with van der Waals surface area (Å²) in [5.74, 6) is 0.434. The molecule has 18 heavy (non-hydrogen) atoms. The molecule has 2 nitrogen and oxygen atoms in total. The van der Waals surface area contributed by atoms with Gasteiger partial charge in [-0.25, -0.2) is 4.98 Å². The van der Waals surface area contributed by atoms with Gasteiger partial charge in [-0.15, -0.1) is 11.3 Å². The lowest BCUT2D eigenvalue weighted by Gasteiger charge is -2.06. The van der Waals surface area contributed by atoms with Crippen LogP contribution in [0, 0.1) is 0 Å². The largest absolute Gasteiger partial charge is 0.375 e. The van der Waals surface area contributed by atoms with Gasteiger partial charge in [0.25, 0.3) is 0 Å². The number of nitrogens with two attached hydrogens (primary N) is 1. The highest BCUT2D eigenvalue weighted by molar-refractivity contribution is 7.15. The monoisotopic (exact) mass is 260 g/mol. The Morgan fingerprint density at radius 2 is 1.78 bits per heavy atom. The maximum Gasteiger partial charge on any atom is 0.180 e. The number of nitrogen functional groups attached to an aromatic ring is 1. The fourth-order valence-corrected chi connectivity index (χ4v) is 3.06. The lowest BCUT2D eigenvalue weighted by atomic mass is 10.0. The number of nitrogens with zero attached hydrogens (tertiary/aromatic N) is 1. The molecule has 0 saturated heterocycles. The molecule has 1 aromatic heterocycles. The van der Waals surface area contributed by atoms with Crippen LogP contribution >= 0.6 is 11.3 Å². The van der Waals surface area contributed by atoms with E-state index in [0.717, 1.165) is 18.5 Å². The van der Waals surface area contributed by atoms with Crippen molar-refractivity contribution in [2.75, 3.05) is 5.73 Å². The Bertz CT molecular complexity index is 512. The summed E-state index contributed by atoms with van der Waals surface area (Å²) in [6, 6.07) is 8.82. The van der Waals surface area contributed by atoms with E-state index in [9.17, 15) is 0 Å². The van der Waals surface area contributed by atoms with Crippen LogP contribution in [0.5, 0.6) is 0 Å². The summed E-state index contributed by atoms with van der Waals surface area (Å²) in [4.78, 5) is 5.73. The van der Waals surface area contributed by atoms with Gasteiger partial charge in [-0.3, -0.25) is 0 Å². The van der Waals surface area contributed by atoms with Gasteiger partial charge in [0.15, 0.2) is 5.13 Å². The number of anilines is 1. The quantitative estimate of drug-likeness (QED) is 0.902. The predicted molar refractivity (Wildman–Crippen MR) is 79.2 cm³/mol. The minimum atomic E-state index is 0.434. The molecular formula is C15H20N2S. The third-order valence-corrected chi connectivity index (χ3v) is 3.99. The van der Waals surface area contributed by atoms with Crippen molar-refractivity contribution in [2.24, 2.45) is 0 Å². The van der Waals surface area contributed by atoms with Crippen LogP contribution in [-0.2, 0) is 12.8 Å². The molecule has 2 N–H and O–H groups in total. The molecule has 0 radical (unpaired) electrons. The summed E-state index contributed by atoms with van der Waals surface area (Å²) < 4.78 is 0. The van der Waals surface area contributed by atoms with Crippen LogP contribution in [0.2, 0.25) is 0 Å². The second-order valence-corrected chi connectivity index (χ2v) is 5.98. The zero-order valence-electron chi connectivity index (χ0n) is 11.2. The van der Waals surface area contributed by atoms with Crippen molar-refractivity contribution in [3.05, 3.63) is 46.0 Å². The minimum absolute atomic E-state index is 0.434. The molecule has 0 aliphatic heterocycles. The van der Waals surface area contributed by atoms with Crippen molar-refractivity contribution in [3.63, 3.8) is 0 Å². The topological polar surface area (TPSA) is 38.9 Å². The van der Waals surface area contributed by atoms with Gasteiger partial charge in [0, 0.05) is 11.3 Å². The predicted octanol–water partition coefficient (Wildman–Crippen LogP) is 4.00. The van der Waals surface area contributed by atoms with Gasteiger partial charge in [0.05, 0.1) is 5.69 Å². The molecule has 1 heterocycles. The van der Waals surface area contributed by atoms with Crippen LogP contribution in [0.15, 0.2) is 24.3 Å². The van der Waals surface area contributed by atoms with Gasteiger partial charge in [-0.1, -0.05) is 45.0 Å². The van der Waals surface area contributed by atoms with E-state index in [1.807, 2.05) is 0 Å². The molecule has 0 amide bonds. The number of thiazole rings is 1. The molecular weight excluding hydrogens is 240 g/mol. The van der Waals surface area contributed by atoms with E-state index in [2.05, 4.69) is 50.0 Å². The van der Waals surface area contributed by atoms with Crippen LogP contribution in [0.3, 0.4) is 0 Å². The van der Waals surface area contributed by atoms with E-state index in [1.165, 1.54) is 16.0 Å². The van der Waals surface area contributed by atoms with Crippen LogP contribution < -0.4 is 5.73 Å². The summed E-state index contributed by atoms with van der Waals surface area (Å²) in [5, 5.41) is 0.680. The van der Waals surface area contributed by atoms with Crippen LogP contribution in [0.1, 0.15) is 48.4 Å². The first-order valence-electron chi connectivity index (χ1n) is 6.43. The van der Waals surface area contributed by atoms with Crippen LogP contribution in [0.25, 0.3) is 0 Å². The lowest BCUT2D eigenvalue weighted by molar-refractivity contribution is 0.820. The Balaban J connectivity index is 2.22. The Labute approximate surface area is 113 Å². The second kappa shape index (κ2) is 5.53. The normalized spacial score (nSPS) is 11.1. The first kappa shape index (κ1) is 13.1. The minimum Gasteiger partial charge on any atom is -0.375 e. The summed E-state index contributed by atoms with van der Waals surface area (Å²) >= 11 is 1.61. The number of aryl methyl sites for hydroxylation is 1. The third kappa shape index (κ3) is 2.91. The molecule has 0 fully saturated rings. The molecule has 2 aromatic rings. The standard InChI is InChI=1S/C15H20N2S/c1-4-11-5-7-12(8-6-11)9-13-14(10(2)3)17-15(16)18-13/h5-8,10H,4,9H2,1-3H3,(H2,16,17). The SMILES string of the molecule is CCc1ccc(Cc2sc(N)nc2C(C)C)cc1. The number of aromatic nitrogens is 1. The number of hydrogen-bond acceptors (Lipinski definition) is 3. The first-order chi connectivity index (χ1) is 8.60. The highest BCUT2D eigenvalue weighted by Crippen LogP contribution is 2.28. The Morgan fingerprint density at radius 3 is 2.33 bits per heavy atom. The van der Waals surface area contributed by atoms with Crippen LogP contribution in [-0.4, -0.2) is 4.98 Å². The number of benzene rings is 1. The number of rotatable bonds is 4. The summed E-state index contributed by atoms with van der Waals surface area (Å²) in [7, 11) is 0. The Hall–Kier alpha value is -1.35. The maximum absolute atomic E-state index is 5.82. The van der Waals surface area contributed by atoms with E-state index in [1.54, 1.807) is 11.3 Å². The molecule has 0 spiro atoms. The lowest BCUT2D eigenvalue weighted by Crippen LogP contribution is -1.95. The van der Waals surface area contributed by atoms with Crippen molar-refractivity contribution >= 4 is 16.5 Å². The first-order valence-corrected chi connectivity index (χ1v) is 7.24. The van der Waals surface area contributed by atoms with Crippen LogP contribution in [0.4, 0.5) is 5.13 Å². The van der Waals surface area contributed by atoms with Crippen molar-refractivity contribution < 1.29 is 0 Å². The van der Waals surface area contributed by atoms with E-state index >= 15 is 0 Å². The van der Waals surface area contributed by atoms with Crippen molar-refractivity contribution in [3.8, 4) is 0 Å². The van der Waals surface area contributed by atoms with Gasteiger partial charge in [-0.2, -0.15) is 0 Å². The Kier molecular flexibility index (Phi) is 4.02. The molecule has 3 heteroatoms. The molecule has 1 aromatic carbocycles. The zero-order valence-corrected chi connectivity index (χ0v) is 12.1. The van der Waals surface area contributed by atoms with Gasteiger partial charge < -0.3 is 5.73 Å². The fourth-order valence-electron chi connectivity index (χ4n) is 2.04. The van der Waals surface area contributed by atoms with Gasteiger partial charge in [-0.05, 0) is 23.5 Å². The van der Waals surface area contributed by atoms with E-state index in [0.29, 0.717) is 11.0 Å². The number of hydrogen-bond donors (Lipinski definition) is 1. The maximum atomic E-state index is 5.82. The van der Waals surface area contributed by atoms with Gasteiger partial charge >= 0.3 is 0 Å². The van der Waals surface area contributed by atoms with Crippen molar-refractivity contribution in [2.45, 2.75) is 39.5 Å². The highest BCUT2D eigenvalue weighted by Gasteiger charge is 2.13. The summed E-state index contributed by atoms with van der Waals surface area (Å²) in [6.07, 6.45) is 2.03. The molecule has 0 unspecified atom stereocenters. The van der Waals surface area contributed by atoms with Gasteiger partial charge in [0.2, 0.25) is 0 Å². The molecule has 0 aliphatic carbocycles. The third-order valence-electron chi connectivity index (χ3n) is 3.09. The molecule has 0 atom stereocenters. The molecule has 2 rings (SSSR count). The zero-order chi connectivity index (χ0) is 13.1. The van der Waals surface area contributed by atoms with Crippen molar-refractivity contribution in [1.29, 1.82) is 0 Å². The smallest absolute Gasteiger partial charge is 0.180 e. The second-order valence-electron chi connectivity index (χ2n) is 4.86. The fraction of sp³-hybridized carbons (Fsp3) is 0.400. The molecule has 0 aliphatic rings. The highest BCUT2D eigenvalue weighted by atomic mass is 32.1. The average molecular weight is 260 g/mol. The summed E-state index contributed by atoms with van der Waals surface area (Å²) in [5.41, 5.74) is 9.69. The van der Waals surface area contributed by atoms with Crippen molar-refractivity contribution in [1.82, 2.24) is 4.98 Å². The molecule has 96 valence electrons. The van der Waals surface area contributed by atoms with E-state index in [4.69, 9.17) is 5.73 Å². The van der Waals surface area contributed by atoms with E-state index in [-0.39, 0.29) is 0 Å². The molecule has 0 saturated carbocycles. The molecule has 0 bridgehead atoms. The Morgan fingerprint density at radius 1 is 1.17 bits per heavy atom.